The number of rotatable bonds is 6. The number of aromatic amines is 1. The van der Waals surface area contributed by atoms with E-state index in [0.717, 1.165) is 22.9 Å². The van der Waals surface area contributed by atoms with Gasteiger partial charge in [0.05, 0.1) is 6.04 Å². The van der Waals surface area contributed by atoms with Crippen LogP contribution in [0.25, 0.3) is 10.9 Å². The zero-order valence-electron chi connectivity index (χ0n) is 12.7. The van der Waals surface area contributed by atoms with Crippen molar-refractivity contribution >= 4 is 28.4 Å². The highest BCUT2D eigenvalue weighted by Crippen LogP contribution is 2.22. The standard InChI is InChI=1S/C16H22ClN3O/c1-10(2)6-15(16(21)18-3)20-9-11-8-19-14-7-12(17)4-5-13(11)14/h4-5,7-8,10,15,19-20H,6,9H2,1-3H3,(H,18,21). The third kappa shape index (κ3) is 3.99. The first-order valence-electron chi connectivity index (χ1n) is 7.21. The molecule has 0 bridgehead atoms. The van der Waals surface area contributed by atoms with Crippen LogP contribution < -0.4 is 10.6 Å². The average molecular weight is 308 g/mol. The topological polar surface area (TPSA) is 56.9 Å². The van der Waals surface area contributed by atoms with Gasteiger partial charge in [0.1, 0.15) is 0 Å². The van der Waals surface area contributed by atoms with Crippen molar-refractivity contribution in [2.75, 3.05) is 7.05 Å². The van der Waals surface area contributed by atoms with Crippen LogP contribution in [0.15, 0.2) is 24.4 Å². The van der Waals surface area contributed by atoms with Gasteiger partial charge in [0.15, 0.2) is 0 Å². The molecule has 0 radical (unpaired) electrons. The molecule has 1 atom stereocenters. The van der Waals surface area contributed by atoms with Crippen molar-refractivity contribution in [2.45, 2.75) is 32.9 Å². The molecule has 1 unspecified atom stereocenters. The summed E-state index contributed by atoms with van der Waals surface area (Å²) in [5.41, 5.74) is 2.15. The second-order valence-electron chi connectivity index (χ2n) is 5.68. The Kier molecular flexibility index (Phi) is 5.26. The molecule has 0 aliphatic heterocycles. The van der Waals surface area contributed by atoms with E-state index in [1.165, 1.54) is 0 Å². The normalized spacial score (nSPS) is 12.8. The molecular weight excluding hydrogens is 286 g/mol. The molecule has 1 aromatic heterocycles. The number of likely N-dealkylation sites (N-methyl/N-ethyl adjacent to an activating group) is 1. The third-order valence-electron chi connectivity index (χ3n) is 3.54. The lowest BCUT2D eigenvalue weighted by Crippen LogP contribution is -2.43. The Hall–Kier alpha value is -1.52. The smallest absolute Gasteiger partial charge is 0.236 e. The molecule has 5 heteroatoms. The Morgan fingerprint density at radius 2 is 2.14 bits per heavy atom. The molecule has 3 N–H and O–H groups in total. The number of carbonyl (C=O) groups excluding carboxylic acids is 1. The van der Waals surface area contributed by atoms with E-state index in [1.807, 2.05) is 24.4 Å². The summed E-state index contributed by atoms with van der Waals surface area (Å²) in [5.74, 6) is 0.494. The van der Waals surface area contributed by atoms with E-state index < -0.39 is 0 Å². The predicted molar refractivity (Wildman–Crippen MR) is 87.5 cm³/mol. The lowest BCUT2D eigenvalue weighted by molar-refractivity contribution is -0.123. The van der Waals surface area contributed by atoms with Crippen molar-refractivity contribution in [1.29, 1.82) is 0 Å². The van der Waals surface area contributed by atoms with Gasteiger partial charge in [-0.3, -0.25) is 4.79 Å². The zero-order valence-corrected chi connectivity index (χ0v) is 13.4. The van der Waals surface area contributed by atoms with Gasteiger partial charge in [-0.05, 0) is 30.0 Å². The number of nitrogens with one attached hydrogen (secondary N) is 3. The molecule has 2 aromatic rings. The molecule has 1 heterocycles. The van der Waals surface area contributed by atoms with Crippen LogP contribution in [0.1, 0.15) is 25.8 Å². The molecule has 0 saturated heterocycles. The van der Waals surface area contributed by atoms with E-state index in [9.17, 15) is 4.79 Å². The number of benzene rings is 1. The summed E-state index contributed by atoms with van der Waals surface area (Å²) < 4.78 is 0. The fourth-order valence-electron chi connectivity index (χ4n) is 2.47. The minimum atomic E-state index is -0.174. The van der Waals surface area contributed by atoms with Gasteiger partial charge in [0.2, 0.25) is 5.91 Å². The van der Waals surface area contributed by atoms with Crippen molar-refractivity contribution in [1.82, 2.24) is 15.6 Å². The molecule has 1 aromatic carbocycles. The number of hydrogen-bond donors (Lipinski definition) is 3. The number of hydrogen-bond acceptors (Lipinski definition) is 2. The second-order valence-corrected chi connectivity index (χ2v) is 6.12. The van der Waals surface area contributed by atoms with E-state index in [1.54, 1.807) is 7.05 Å². The van der Waals surface area contributed by atoms with Crippen molar-refractivity contribution < 1.29 is 4.79 Å². The van der Waals surface area contributed by atoms with Gasteiger partial charge in [0, 0.05) is 35.7 Å². The molecule has 0 spiro atoms. The van der Waals surface area contributed by atoms with Crippen LogP contribution in [0.5, 0.6) is 0 Å². The van der Waals surface area contributed by atoms with Gasteiger partial charge < -0.3 is 15.6 Å². The predicted octanol–water partition coefficient (Wildman–Crippen LogP) is 3.07. The highest BCUT2D eigenvalue weighted by Gasteiger charge is 2.18. The van der Waals surface area contributed by atoms with Crippen LogP contribution in [-0.4, -0.2) is 24.0 Å². The van der Waals surface area contributed by atoms with Crippen molar-refractivity contribution in [3.63, 3.8) is 0 Å². The van der Waals surface area contributed by atoms with Gasteiger partial charge in [-0.15, -0.1) is 0 Å². The molecule has 0 aliphatic rings. The number of aromatic nitrogens is 1. The van der Waals surface area contributed by atoms with Crippen LogP contribution in [0.3, 0.4) is 0 Å². The van der Waals surface area contributed by atoms with E-state index in [0.29, 0.717) is 17.5 Å². The summed E-state index contributed by atoms with van der Waals surface area (Å²) in [5, 5.41) is 7.91. The average Bonchev–Trinajstić information content (AvgIpc) is 2.84. The lowest BCUT2D eigenvalue weighted by atomic mass is 10.0. The van der Waals surface area contributed by atoms with Crippen LogP contribution >= 0.6 is 11.6 Å². The van der Waals surface area contributed by atoms with E-state index >= 15 is 0 Å². The maximum atomic E-state index is 11.9. The summed E-state index contributed by atoms with van der Waals surface area (Å²) in [6.45, 7) is 4.88. The van der Waals surface area contributed by atoms with Gasteiger partial charge >= 0.3 is 0 Å². The van der Waals surface area contributed by atoms with Crippen molar-refractivity contribution in [2.24, 2.45) is 5.92 Å². The Morgan fingerprint density at radius 3 is 2.81 bits per heavy atom. The zero-order chi connectivity index (χ0) is 15.4. The molecule has 114 valence electrons. The Morgan fingerprint density at radius 1 is 1.38 bits per heavy atom. The Balaban J connectivity index is 2.10. The summed E-state index contributed by atoms with van der Waals surface area (Å²) in [4.78, 5) is 15.1. The van der Waals surface area contributed by atoms with Crippen molar-refractivity contribution in [3.8, 4) is 0 Å². The fraction of sp³-hybridized carbons (Fsp3) is 0.438. The van der Waals surface area contributed by atoms with Gasteiger partial charge in [-0.1, -0.05) is 31.5 Å². The molecule has 0 aliphatic carbocycles. The third-order valence-corrected chi connectivity index (χ3v) is 3.77. The van der Waals surface area contributed by atoms with Crippen LogP contribution in [0.4, 0.5) is 0 Å². The summed E-state index contributed by atoms with van der Waals surface area (Å²) in [6, 6.07) is 5.62. The van der Waals surface area contributed by atoms with E-state index in [4.69, 9.17) is 11.6 Å². The number of halogens is 1. The minimum Gasteiger partial charge on any atom is -0.361 e. The lowest BCUT2D eigenvalue weighted by Gasteiger charge is -2.19. The van der Waals surface area contributed by atoms with Gasteiger partial charge in [-0.2, -0.15) is 0 Å². The van der Waals surface area contributed by atoms with Gasteiger partial charge in [-0.25, -0.2) is 0 Å². The number of H-pyrrole nitrogens is 1. The van der Waals surface area contributed by atoms with Crippen LogP contribution in [0, 0.1) is 5.92 Å². The summed E-state index contributed by atoms with van der Waals surface area (Å²) in [6.07, 6.45) is 2.78. The minimum absolute atomic E-state index is 0.0339. The first-order valence-corrected chi connectivity index (χ1v) is 7.59. The van der Waals surface area contributed by atoms with Crippen LogP contribution in [-0.2, 0) is 11.3 Å². The molecule has 2 rings (SSSR count). The Bertz CT molecular complexity index is 621. The van der Waals surface area contributed by atoms with E-state index in [2.05, 4.69) is 29.5 Å². The highest BCUT2D eigenvalue weighted by atomic mass is 35.5. The first-order chi connectivity index (χ1) is 10.0. The quantitative estimate of drug-likeness (QED) is 0.768. The largest absolute Gasteiger partial charge is 0.361 e. The Labute approximate surface area is 130 Å². The van der Waals surface area contributed by atoms with E-state index in [-0.39, 0.29) is 11.9 Å². The SMILES string of the molecule is CNC(=O)C(CC(C)C)NCc1c[nH]c2cc(Cl)ccc12. The molecule has 1 amide bonds. The fourth-order valence-corrected chi connectivity index (χ4v) is 2.64. The number of carbonyl (C=O) groups is 1. The van der Waals surface area contributed by atoms with Crippen LogP contribution in [0.2, 0.25) is 5.02 Å². The molecule has 0 fully saturated rings. The number of fused-ring (bicyclic) bond motifs is 1. The molecule has 4 nitrogen and oxygen atoms in total. The molecule has 21 heavy (non-hydrogen) atoms. The van der Waals surface area contributed by atoms with Crippen molar-refractivity contribution in [3.05, 3.63) is 35.0 Å². The summed E-state index contributed by atoms with van der Waals surface area (Å²) in [7, 11) is 1.67. The maximum absolute atomic E-state index is 11.9. The second kappa shape index (κ2) is 6.96. The monoisotopic (exact) mass is 307 g/mol. The van der Waals surface area contributed by atoms with Gasteiger partial charge in [0.25, 0.3) is 0 Å². The maximum Gasteiger partial charge on any atom is 0.236 e. The molecular formula is C16H22ClN3O. The first kappa shape index (κ1) is 15.9. The highest BCUT2D eigenvalue weighted by molar-refractivity contribution is 6.31. The molecule has 0 saturated carbocycles. The summed E-state index contributed by atoms with van der Waals surface area (Å²) >= 11 is 5.98. The number of amides is 1.